The fraction of sp³-hybridized carbons (Fsp3) is 0.600. The molecule has 0 bridgehead atoms. The summed E-state index contributed by atoms with van der Waals surface area (Å²) in [5.41, 5.74) is 8.13. The SMILES string of the molecule is CC(C)n1c(CCNC(=O)C2CCCCC2(C)N)nc2ccccc21.Cl.Cl. The first kappa shape index (κ1) is 23.7. The number of benzene rings is 1. The molecule has 0 radical (unpaired) electrons. The van der Waals surface area contributed by atoms with Crippen molar-refractivity contribution in [3.8, 4) is 0 Å². The fourth-order valence-electron chi connectivity index (χ4n) is 4.06. The summed E-state index contributed by atoms with van der Waals surface area (Å²) >= 11 is 0. The fourth-order valence-corrected chi connectivity index (χ4v) is 4.06. The molecule has 1 amide bonds. The van der Waals surface area contributed by atoms with Crippen LogP contribution in [0.15, 0.2) is 24.3 Å². The van der Waals surface area contributed by atoms with E-state index in [9.17, 15) is 4.79 Å². The van der Waals surface area contributed by atoms with E-state index in [1.54, 1.807) is 0 Å². The van der Waals surface area contributed by atoms with E-state index in [4.69, 9.17) is 10.7 Å². The number of para-hydroxylation sites is 2. The molecule has 1 saturated carbocycles. The number of hydrogen-bond acceptors (Lipinski definition) is 3. The number of aromatic nitrogens is 2. The summed E-state index contributed by atoms with van der Waals surface area (Å²) < 4.78 is 2.26. The monoisotopic (exact) mass is 414 g/mol. The second-order valence-electron chi connectivity index (χ2n) is 7.83. The van der Waals surface area contributed by atoms with Crippen molar-refractivity contribution < 1.29 is 4.79 Å². The van der Waals surface area contributed by atoms with Crippen molar-refractivity contribution in [3.63, 3.8) is 0 Å². The number of carbonyl (C=O) groups excluding carboxylic acids is 1. The normalized spacial score (nSPS) is 22.2. The average Bonchev–Trinajstić information content (AvgIpc) is 2.92. The van der Waals surface area contributed by atoms with E-state index in [-0.39, 0.29) is 42.2 Å². The topological polar surface area (TPSA) is 72.9 Å². The number of imidazole rings is 1. The third-order valence-corrected chi connectivity index (χ3v) is 5.40. The molecule has 3 N–H and O–H groups in total. The Bertz CT molecular complexity index is 758. The van der Waals surface area contributed by atoms with Crippen molar-refractivity contribution >= 4 is 41.8 Å². The molecule has 1 aliphatic rings. The van der Waals surface area contributed by atoms with Crippen LogP contribution in [-0.2, 0) is 11.2 Å². The highest BCUT2D eigenvalue weighted by atomic mass is 35.5. The molecule has 5 nitrogen and oxygen atoms in total. The molecule has 1 aromatic heterocycles. The van der Waals surface area contributed by atoms with Crippen LogP contribution in [0.2, 0.25) is 0 Å². The third-order valence-electron chi connectivity index (χ3n) is 5.40. The van der Waals surface area contributed by atoms with Gasteiger partial charge in [0.1, 0.15) is 5.82 Å². The van der Waals surface area contributed by atoms with Crippen molar-refractivity contribution in [1.82, 2.24) is 14.9 Å². The number of hydrogen-bond donors (Lipinski definition) is 2. The van der Waals surface area contributed by atoms with Gasteiger partial charge < -0.3 is 15.6 Å². The minimum Gasteiger partial charge on any atom is -0.355 e. The first-order valence-corrected chi connectivity index (χ1v) is 9.42. The van der Waals surface area contributed by atoms with Crippen LogP contribution in [-0.4, -0.2) is 27.5 Å². The van der Waals surface area contributed by atoms with Crippen molar-refractivity contribution in [3.05, 3.63) is 30.1 Å². The van der Waals surface area contributed by atoms with E-state index in [0.29, 0.717) is 12.6 Å². The molecule has 152 valence electrons. The van der Waals surface area contributed by atoms with Gasteiger partial charge in [-0.3, -0.25) is 4.79 Å². The lowest BCUT2D eigenvalue weighted by molar-refractivity contribution is -0.128. The third kappa shape index (κ3) is 5.15. The molecule has 1 aromatic carbocycles. The maximum atomic E-state index is 12.6. The molecule has 27 heavy (non-hydrogen) atoms. The van der Waals surface area contributed by atoms with Gasteiger partial charge in [-0.2, -0.15) is 0 Å². The summed E-state index contributed by atoms with van der Waals surface area (Å²) in [6, 6.07) is 8.53. The lowest BCUT2D eigenvalue weighted by Gasteiger charge is -2.37. The Kier molecular flexibility index (Phi) is 8.58. The number of halogens is 2. The van der Waals surface area contributed by atoms with Crippen molar-refractivity contribution in [2.24, 2.45) is 11.7 Å². The molecule has 1 aliphatic carbocycles. The number of nitrogens with one attached hydrogen (secondary N) is 1. The number of carbonyl (C=O) groups is 1. The minimum atomic E-state index is -0.382. The van der Waals surface area contributed by atoms with Gasteiger partial charge in [0.25, 0.3) is 0 Å². The Labute approximate surface area is 174 Å². The number of fused-ring (bicyclic) bond motifs is 1. The van der Waals surface area contributed by atoms with Gasteiger partial charge in [-0.05, 0) is 45.7 Å². The summed E-state index contributed by atoms with van der Waals surface area (Å²) in [5.74, 6) is 1.04. The quantitative estimate of drug-likeness (QED) is 0.775. The maximum absolute atomic E-state index is 12.6. The Balaban J connectivity index is 0.00000182. The van der Waals surface area contributed by atoms with Crippen LogP contribution in [0.3, 0.4) is 0 Å². The molecule has 7 heteroatoms. The summed E-state index contributed by atoms with van der Waals surface area (Å²) in [7, 11) is 0. The average molecular weight is 415 g/mol. The zero-order chi connectivity index (χ0) is 18.0. The van der Waals surface area contributed by atoms with E-state index < -0.39 is 0 Å². The van der Waals surface area contributed by atoms with Crippen molar-refractivity contribution in [2.75, 3.05) is 6.54 Å². The number of nitrogens with zero attached hydrogens (tertiary/aromatic N) is 2. The predicted molar refractivity (Wildman–Crippen MR) is 116 cm³/mol. The van der Waals surface area contributed by atoms with Gasteiger partial charge >= 0.3 is 0 Å². The molecular formula is C20H32Cl2N4O. The highest BCUT2D eigenvalue weighted by Gasteiger charge is 2.37. The zero-order valence-electron chi connectivity index (χ0n) is 16.4. The van der Waals surface area contributed by atoms with E-state index in [0.717, 1.165) is 49.0 Å². The van der Waals surface area contributed by atoms with Gasteiger partial charge in [0.15, 0.2) is 0 Å². The molecule has 1 heterocycles. The summed E-state index contributed by atoms with van der Waals surface area (Å²) in [4.78, 5) is 17.3. The zero-order valence-corrected chi connectivity index (χ0v) is 18.0. The van der Waals surface area contributed by atoms with E-state index in [1.807, 2.05) is 25.1 Å². The van der Waals surface area contributed by atoms with Crippen LogP contribution < -0.4 is 11.1 Å². The molecule has 2 atom stereocenters. The first-order valence-electron chi connectivity index (χ1n) is 9.42. The van der Waals surface area contributed by atoms with Crippen LogP contribution in [0.1, 0.15) is 58.3 Å². The standard InChI is InChI=1S/C20H30N4O.2ClH/c1-14(2)24-17-10-5-4-9-16(17)23-18(24)11-13-22-19(25)15-8-6-7-12-20(15,3)21;;/h4-5,9-10,14-15H,6-8,11-13,21H2,1-3H3,(H,22,25);2*1H. The minimum absolute atomic E-state index is 0. The summed E-state index contributed by atoms with van der Waals surface area (Å²) in [6.07, 6.45) is 4.76. The molecule has 3 rings (SSSR count). The number of amides is 1. The highest BCUT2D eigenvalue weighted by molar-refractivity contribution is 5.85. The Morgan fingerprint density at radius 3 is 2.70 bits per heavy atom. The van der Waals surface area contributed by atoms with Gasteiger partial charge in [-0.15, -0.1) is 24.8 Å². The highest BCUT2D eigenvalue weighted by Crippen LogP contribution is 2.31. The smallest absolute Gasteiger partial charge is 0.224 e. The first-order chi connectivity index (χ1) is 11.9. The van der Waals surface area contributed by atoms with Crippen LogP contribution >= 0.6 is 24.8 Å². The van der Waals surface area contributed by atoms with Crippen molar-refractivity contribution in [1.29, 1.82) is 0 Å². The summed E-state index contributed by atoms with van der Waals surface area (Å²) in [5, 5.41) is 3.09. The maximum Gasteiger partial charge on any atom is 0.224 e. The molecule has 2 aromatic rings. The van der Waals surface area contributed by atoms with Gasteiger partial charge in [0.05, 0.1) is 17.0 Å². The van der Waals surface area contributed by atoms with Gasteiger partial charge in [-0.25, -0.2) is 4.98 Å². The lowest BCUT2D eigenvalue weighted by atomic mass is 9.74. The van der Waals surface area contributed by atoms with Gasteiger partial charge in [-0.1, -0.05) is 25.0 Å². The molecule has 0 spiro atoms. The largest absolute Gasteiger partial charge is 0.355 e. The second kappa shape index (κ2) is 9.76. The Hall–Kier alpha value is -1.30. The van der Waals surface area contributed by atoms with E-state index >= 15 is 0 Å². The second-order valence-corrected chi connectivity index (χ2v) is 7.83. The van der Waals surface area contributed by atoms with E-state index in [1.165, 1.54) is 0 Å². The molecule has 2 unspecified atom stereocenters. The number of nitrogens with two attached hydrogens (primary N) is 1. The molecule has 1 fully saturated rings. The number of rotatable bonds is 5. The summed E-state index contributed by atoms with van der Waals surface area (Å²) in [6.45, 7) is 6.94. The van der Waals surface area contributed by atoms with Gasteiger partial charge in [0.2, 0.25) is 5.91 Å². The van der Waals surface area contributed by atoms with E-state index in [2.05, 4.69) is 29.8 Å². The molecule has 0 saturated heterocycles. The molecular weight excluding hydrogens is 383 g/mol. The molecule has 0 aliphatic heterocycles. The van der Waals surface area contributed by atoms with Crippen LogP contribution in [0, 0.1) is 5.92 Å². The Morgan fingerprint density at radius 2 is 2.04 bits per heavy atom. The lowest BCUT2D eigenvalue weighted by Crippen LogP contribution is -2.53. The Morgan fingerprint density at radius 1 is 1.33 bits per heavy atom. The van der Waals surface area contributed by atoms with Crippen molar-refractivity contribution in [2.45, 2.75) is 64.5 Å². The van der Waals surface area contributed by atoms with Crippen LogP contribution in [0.5, 0.6) is 0 Å². The van der Waals surface area contributed by atoms with Crippen LogP contribution in [0.25, 0.3) is 11.0 Å². The van der Waals surface area contributed by atoms with Gasteiger partial charge in [0, 0.05) is 24.5 Å². The predicted octanol–water partition coefficient (Wildman–Crippen LogP) is 4.03. The van der Waals surface area contributed by atoms with Crippen LogP contribution in [0.4, 0.5) is 0 Å².